The molecule has 1 amide bonds. The zero-order valence-electron chi connectivity index (χ0n) is 12.2. The second-order valence-electron chi connectivity index (χ2n) is 4.67. The van der Waals surface area contributed by atoms with E-state index >= 15 is 0 Å². The van der Waals surface area contributed by atoms with Gasteiger partial charge in [-0.3, -0.25) is 4.79 Å². The second-order valence-corrected chi connectivity index (χ2v) is 4.67. The number of ether oxygens (including phenoxy) is 1. The summed E-state index contributed by atoms with van der Waals surface area (Å²) in [6, 6.07) is 15.5. The van der Waals surface area contributed by atoms with E-state index in [1.165, 1.54) is 12.1 Å². The van der Waals surface area contributed by atoms with E-state index in [-0.39, 0.29) is 18.1 Å². The van der Waals surface area contributed by atoms with E-state index in [0.29, 0.717) is 6.54 Å². The number of rotatable bonds is 6. The first-order valence-electron chi connectivity index (χ1n) is 6.99. The third-order valence-corrected chi connectivity index (χ3v) is 3.19. The highest BCUT2D eigenvalue weighted by Gasteiger charge is 2.14. The molecule has 0 radical (unpaired) electrons. The number of carbonyl (C=O) groups excluding carboxylic acids is 1. The van der Waals surface area contributed by atoms with E-state index in [2.05, 4.69) is 4.74 Å². The number of benzene rings is 2. The molecule has 116 valence electrons. The molecule has 0 bridgehead atoms. The van der Waals surface area contributed by atoms with Crippen LogP contribution in [-0.4, -0.2) is 19.1 Å². The Balaban J connectivity index is 2.04. The summed E-state index contributed by atoms with van der Waals surface area (Å²) >= 11 is 0. The largest absolute Gasteiger partial charge is 0.435 e. The molecular formula is C17H17F2NO2. The first-order valence-corrected chi connectivity index (χ1v) is 6.99. The number of alkyl halides is 2. The van der Waals surface area contributed by atoms with Gasteiger partial charge in [-0.15, -0.1) is 0 Å². The predicted octanol–water partition coefficient (Wildman–Crippen LogP) is 3.88. The Hall–Kier alpha value is -2.43. The number of nitrogens with zero attached hydrogens (tertiary/aromatic N) is 1. The van der Waals surface area contributed by atoms with Crippen LogP contribution in [0.2, 0.25) is 0 Å². The molecule has 5 heteroatoms. The van der Waals surface area contributed by atoms with Crippen LogP contribution in [0.25, 0.3) is 0 Å². The van der Waals surface area contributed by atoms with Crippen molar-refractivity contribution < 1.29 is 18.3 Å². The van der Waals surface area contributed by atoms with Crippen LogP contribution in [0.1, 0.15) is 12.5 Å². The molecule has 0 N–H and O–H groups in total. The highest BCUT2D eigenvalue weighted by molar-refractivity contribution is 5.94. The predicted molar refractivity (Wildman–Crippen MR) is 81.2 cm³/mol. The molecule has 2 aromatic rings. The SMILES string of the molecule is CCN(C(=O)Cc1ccc(OC(F)F)cc1)c1ccccc1. The molecule has 2 rings (SSSR count). The normalized spacial score (nSPS) is 10.5. The standard InChI is InChI=1S/C17H17F2NO2/c1-2-20(14-6-4-3-5-7-14)16(21)12-13-8-10-15(11-9-13)22-17(18)19/h3-11,17H,2,12H2,1H3. The molecule has 0 saturated heterocycles. The fourth-order valence-electron chi connectivity index (χ4n) is 2.17. The Labute approximate surface area is 128 Å². The van der Waals surface area contributed by atoms with Crippen molar-refractivity contribution in [2.45, 2.75) is 20.0 Å². The van der Waals surface area contributed by atoms with E-state index in [4.69, 9.17) is 0 Å². The average Bonchev–Trinajstić information content (AvgIpc) is 2.50. The molecule has 0 aliphatic heterocycles. The van der Waals surface area contributed by atoms with Gasteiger partial charge in [0.05, 0.1) is 6.42 Å². The lowest BCUT2D eigenvalue weighted by molar-refractivity contribution is -0.117. The van der Waals surface area contributed by atoms with Crippen molar-refractivity contribution in [2.75, 3.05) is 11.4 Å². The second kappa shape index (κ2) is 7.54. The summed E-state index contributed by atoms with van der Waals surface area (Å²) in [6.07, 6.45) is 0.206. The third-order valence-electron chi connectivity index (χ3n) is 3.19. The molecule has 0 heterocycles. The molecule has 2 aromatic carbocycles. The minimum absolute atomic E-state index is 0.0452. The zero-order valence-corrected chi connectivity index (χ0v) is 12.2. The summed E-state index contributed by atoms with van der Waals surface area (Å²) < 4.78 is 28.5. The highest BCUT2D eigenvalue weighted by atomic mass is 19.3. The fourth-order valence-corrected chi connectivity index (χ4v) is 2.17. The summed E-state index contributed by atoms with van der Waals surface area (Å²) in [6.45, 7) is -0.374. The quantitative estimate of drug-likeness (QED) is 0.810. The minimum atomic E-state index is -2.85. The monoisotopic (exact) mass is 305 g/mol. The molecule has 0 fully saturated rings. The minimum Gasteiger partial charge on any atom is -0.435 e. The molecule has 0 saturated carbocycles. The molecule has 22 heavy (non-hydrogen) atoms. The number of para-hydroxylation sites is 1. The van der Waals surface area contributed by atoms with Gasteiger partial charge in [0, 0.05) is 12.2 Å². The van der Waals surface area contributed by atoms with Crippen LogP contribution in [0.4, 0.5) is 14.5 Å². The number of likely N-dealkylation sites (N-methyl/N-ethyl adjacent to an activating group) is 1. The van der Waals surface area contributed by atoms with Crippen molar-refractivity contribution in [2.24, 2.45) is 0 Å². The van der Waals surface area contributed by atoms with E-state index in [1.54, 1.807) is 17.0 Å². The van der Waals surface area contributed by atoms with Gasteiger partial charge in [0.2, 0.25) is 5.91 Å². The van der Waals surface area contributed by atoms with E-state index in [1.807, 2.05) is 37.3 Å². The summed E-state index contributed by atoms with van der Waals surface area (Å²) in [7, 11) is 0. The molecule has 0 aromatic heterocycles. The third kappa shape index (κ3) is 4.28. The number of hydrogen-bond donors (Lipinski definition) is 0. The van der Waals surface area contributed by atoms with Gasteiger partial charge < -0.3 is 9.64 Å². The Morgan fingerprint density at radius 3 is 2.27 bits per heavy atom. The van der Waals surface area contributed by atoms with Gasteiger partial charge >= 0.3 is 6.61 Å². The van der Waals surface area contributed by atoms with Crippen molar-refractivity contribution in [1.82, 2.24) is 0 Å². The van der Waals surface area contributed by atoms with Gasteiger partial charge in [0.1, 0.15) is 5.75 Å². The van der Waals surface area contributed by atoms with Crippen molar-refractivity contribution in [3.8, 4) is 5.75 Å². The summed E-state index contributed by atoms with van der Waals surface area (Å²) in [5.41, 5.74) is 1.59. The molecule has 0 aliphatic carbocycles. The van der Waals surface area contributed by atoms with Crippen LogP contribution in [0, 0.1) is 0 Å². The highest BCUT2D eigenvalue weighted by Crippen LogP contribution is 2.18. The first-order chi connectivity index (χ1) is 10.6. The van der Waals surface area contributed by atoms with E-state index in [9.17, 15) is 13.6 Å². The lowest BCUT2D eigenvalue weighted by Gasteiger charge is -2.21. The Bertz CT molecular complexity index is 600. The maximum Gasteiger partial charge on any atom is 0.387 e. The molecule has 0 aliphatic rings. The van der Waals surface area contributed by atoms with Crippen LogP contribution in [0.3, 0.4) is 0 Å². The average molecular weight is 305 g/mol. The Kier molecular flexibility index (Phi) is 5.47. The Morgan fingerprint density at radius 1 is 1.09 bits per heavy atom. The maximum absolute atomic E-state index is 12.4. The molecule has 3 nitrogen and oxygen atoms in total. The van der Waals surface area contributed by atoms with Crippen LogP contribution in [-0.2, 0) is 11.2 Å². The van der Waals surface area contributed by atoms with Crippen LogP contribution < -0.4 is 9.64 Å². The molecular weight excluding hydrogens is 288 g/mol. The topological polar surface area (TPSA) is 29.5 Å². The zero-order chi connectivity index (χ0) is 15.9. The van der Waals surface area contributed by atoms with Crippen molar-refractivity contribution in [3.63, 3.8) is 0 Å². The van der Waals surface area contributed by atoms with Crippen molar-refractivity contribution in [1.29, 1.82) is 0 Å². The van der Waals surface area contributed by atoms with Crippen molar-refractivity contribution >= 4 is 11.6 Å². The summed E-state index contributed by atoms with van der Waals surface area (Å²) in [4.78, 5) is 14.1. The number of hydrogen-bond acceptors (Lipinski definition) is 2. The van der Waals surface area contributed by atoms with Gasteiger partial charge in [-0.1, -0.05) is 30.3 Å². The number of halogens is 2. The van der Waals surface area contributed by atoms with Crippen molar-refractivity contribution in [3.05, 3.63) is 60.2 Å². The molecule has 0 unspecified atom stereocenters. The van der Waals surface area contributed by atoms with Crippen LogP contribution >= 0.6 is 0 Å². The van der Waals surface area contributed by atoms with Gasteiger partial charge in [0.25, 0.3) is 0 Å². The number of anilines is 1. The van der Waals surface area contributed by atoms with Gasteiger partial charge in [-0.25, -0.2) is 0 Å². The van der Waals surface area contributed by atoms with E-state index < -0.39 is 6.61 Å². The smallest absolute Gasteiger partial charge is 0.387 e. The van der Waals surface area contributed by atoms with Gasteiger partial charge in [0.15, 0.2) is 0 Å². The number of carbonyl (C=O) groups is 1. The van der Waals surface area contributed by atoms with Gasteiger partial charge in [-0.05, 0) is 36.8 Å². The van der Waals surface area contributed by atoms with E-state index in [0.717, 1.165) is 11.3 Å². The maximum atomic E-state index is 12.4. The molecule has 0 atom stereocenters. The summed E-state index contributed by atoms with van der Waals surface area (Å²) in [5.74, 6) is 0.0397. The van der Waals surface area contributed by atoms with Crippen LogP contribution in [0.15, 0.2) is 54.6 Å². The number of amides is 1. The lowest BCUT2D eigenvalue weighted by Crippen LogP contribution is -2.31. The lowest BCUT2D eigenvalue weighted by atomic mass is 10.1. The Morgan fingerprint density at radius 2 is 1.73 bits per heavy atom. The van der Waals surface area contributed by atoms with Gasteiger partial charge in [-0.2, -0.15) is 8.78 Å². The fraction of sp³-hybridized carbons (Fsp3) is 0.235. The van der Waals surface area contributed by atoms with Crippen LogP contribution in [0.5, 0.6) is 5.75 Å². The summed E-state index contributed by atoms with van der Waals surface area (Å²) in [5, 5.41) is 0. The first kappa shape index (κ1) is 15.9. The molecule has 0 spiro atoms.